The van der Waals surface area contributed by atoms with E-state index in [-0.39, 0.29) is 17.9 Å². The van der Waals surface area contributed by atoms with Crippen molar-refractivity contribution in [2.45, 2.75) is 32.6 Å². The number of alkyl halides is 2. The Kier molecular flexibility index (Phi) is 2.36. The Morgan fingerprint density at radius 2 is 2.25 bits per heavy atom. The van der Waals surface area contributed by atoms with E-state index in [4.69, 9.17) is 0 Å². The van der Waals surface area contributed by atoms with Gasteiger partial charge in [0.05, 0.1) is 0 Å². The third kappa shape index (κ3) is 1.74. The standard InChI is InChI=1S/C10H14F2/c1-7(2)9-5-4-8(3)10(11,12)6-9/h4,9H,1,5-6H2,2-3H3/t9-/m1/s1. The summed E-state index contributed by atoms with van der Waals surface area (Å²) in [6, 6.07) is 0. The second-order valence-electron chi connectivity index (χ2n) is 3.57. The molecule has 12 heavy (non-hydrogen) atoms. The van der Waals surface area contributed by atoms with Crippen LogP contribution in [0.1, 0.15) is 26.7 Å². The first kappa shape index (κ1) is 9.43. The highest BCUT2D eigenvalue weighted by molar-refractivity contribution is 5.18. The molecule has 0 saturated carbocycles. The lowest BCUT2D eigenvalue weighted by atomic mass is 9.84. The SMILES string of the molecule is C=C(C)[C@@H]1CC=C(C)C(F)(F)C1. The number of hydrogen-bond acceptors (Lipinski definition) is 0. The monoisotopic (exact) mass is 172 g/mol. The molecule has 0 heterocycles. The molecular weight excluding hydrogens is 158 g/mol. The summed E-state index contributed by atoms with van der Waals surface area (Å²) >= 11 is 0. The van der Waals surface area contributed by atoms with Crippen molar-refractivity contribution in [1.29, 1.82) is 0 Å². The van der Waals surface area contributed by atoms with Crippen LogP contribution in [0.2, 0.25) is 0 Å². The van der Waals surface area contributed by atoms with Gasteiger partial charge in [0.2, 0.25) is 0 Å². The van der Waals surface area contributed by atoms with Crippen LogP contribution in [0.5, 0.6) is 0 Å². The highest BCUT2D eigenvalue weighted by Gasteiger charge is 2.37. The van der Waals surface area contributed by atoms with Crippen molar-refractivity contribution in [3.8, 4) is 0 Å². The second kappa shape index (κ2) is 3.00. The van der Waals surface area contributed by atoms with Gasteiger partial charge in [-0.05, 0) is 31.8 Å². The van der Waals surface area contributed by atoms with Gasteiger partial charge >= 0.3 is 0 Å². The van der Waals surface area contributed by atoms with Crippen LogP contribution in [0.25, 0.3) is 0 Å². The zero-order valence-electron chi connectivity index (χ0n) is 7.53. The minimum Gasteiger partial charge on any atom is -0.202 e. The summed E-state index contributed by atoms with van der Waals surface area (Å²) in [5, 5.41) is 0. The minimum absolute atomic E-state index is 0.0382. The molecule has 0 amide bonds. The number of rotatable bonds is 1. The maximum Gasteiger partial charge on any atom is 0.269 e. The Morgan fingerprint density at radius 3 is 2.67 bits per heavy atom. The Hall–Kier alpha value is -0.660. The zero-order valence-corrected chi connectivity index (χ0v) is 7.53. The molecule has 0 saturated heterocycles. The van der Waals surface area contributed by atoms with Gasteiger partial charge in [-0.15, -0.1) is 0 Å². The Balaban J connectivity index is 2.79. The summed E-state index contributed by atoms with van der Waals surface area (Å²) in [6.07, 6.45) is 2.28. The predicted molar refractivity (Wildman–Crippen MR) is 46.2 cm³/mol. The maximum atomic E-state index is 13.1. The van der Waals surface area contributed by atoms with Crippen LogP contribution >= 0.6 is 0 Å². The molecule has 0 aromatic rings. The summed E-state index contributed by atoms with van der Waals surface area (Å²) in [7, 11) is 0. The van der Waals surface area contributed by atoms with Gasteiger partial charge in [0.25, 0.3) is 5.92 Å². The van der Waals surface area contributed by atoms with Crippen LogP contribution in [0, 0.1) is 5.92 Å². The first-order chi connectivity index (χ1) is 5.43. The molecule has 0 aromatic carbocycles. The van der Waals surface area contributed by atoms with Gasteiger partial charge in [0.15, 0.2) is 0 Å². The molecule has 1 aliphatic rings. The highest BCUT2D eigenvalue weighted by atomic mass is 19.3. The lowest BCUT2D eigenvalue weighted by Gasteiger charge is -2.28. The van der Waals surface area contributed by atoms with E-state index < -0.39 is 5.92 Å². The maximum absolute atomic E-state index is 13.1. The molecule has 0 bridgehead atoms. The molecule has 0 N–H and O–H groups in total. The van der Waals surface area contributed by atoms with Crippen LogP contribution < -0.4 is 0 Å². The molecule has 0 spiro atoms. The molecule has 0 unspecified atom stereocenters. The van der Waals surface area contributed by atoms with E-state index in [1.165, 1.54) is 6.92 Å². The molecule has 0 radical (unpaired) electrons. The Morgan fingerprint density at radius 1 is 1.67 bits per heavy atom. The van der Waals surface area contributed by atoms with E-state index in [9.17, 15) is 8.78 Å². The van der Waals surface area contributed by atoms with Crippen molar-refractivity contribution < 1.29 is 8.78 Å². The lowest BCUT2D eigenvalue weighted by molar-refractivity contribution is 0.0133. The number of allylic oxidation sites excluding steroid dienone is 3. The predicted octanol–water partition coefficient (Wildman–Crippen LogP) is 3.55. The summed E-state index contributed by atoms with van der Waals surface area (Å²) in [5.74, 6) is -2.65. The fraction of sp³-hybridized carbons (Fsp3) is 0.600. The molecule has 0 fully saturated rings. The van der Waals surface area contributed by atoms with Crippen molar-refractivity contribution in [3.05, 3.63) is 23.8 Å². The van der Waals surface area contributed by atoms with Crippen LogP contribution in [0.3, 0.4) is 0 Å². The summed E-state index contributed by atoms with van der Waals surface area (Å²) in [6.45, 7) is 7.02. The molecule has 0 aromatic heterocycles. The average Bonchev–Trinajstić information content (AvgIpc) is 1.94. The fourth-order valence-corrected chi connectivity index (χ4v) is 1.40. The van der Waals surface area contributed by atoms with Crippen LogP contribution in [0.4, 0.5) is 8.78 Å². The topological polar surface area (TPSA) is 0 Å². The van der Waals surface area contributed by atoms with Crippen molar-refractivity contribution in [2.75, 3.05) is 0 Å². The quantitative estimate of drug-likeness (QED) is 0.530. The second-order valence-corrected chi connectivity index (χ2v) is 3.57. The lowest BCUT2D eigenvalue weighted by Crippen LogP contribution is -2.26. The minimum atomic E-state index is -2.61. The first-order valence-electron chi connectivity index (χ1n) is 4.14. The van der Waals surface area contributed by atoms with Gasteiger partial charge in [0, 0.05) is 6.42 Å². The molecular formula is C10H14F2. The Labute approximate surface area is 72.0 Å². The molecule has 2 heteroatoms. The molecule has 0 nitrogen and oxygen atoms in total. The molecule has 0 aliphatic heterocycles. The fourth-order valence-electron chi connectivity index (χ4n) is 1.40. The van der Waals surface area contributed by atoms with E-state index in [2.05, 4.69) is 6.58 Å². The van der Waals surface area contributed by atoms with Crippen molar-refractivity contribution in [3.63, 3.8) is 0 Å². The normalized spacial score (nSPS) is 28.0. The van der Waals surface area contributed by atoms with E-state index in [1.807, 2.05) is 6.92 Å². The summed E-state index contributed by atoms with van der Waals surface area (Å²) in [5.41, 5.74) is 1.07. The molecule has 1 rings (SSSR count). The molecule has 1 atom stereocenters. The molecule has 1 aliphatic carbocycles. The van der Waals surface area contributed by atoms with Crippen molar-refractivity contribution >= 4 is 0 Å². The van der Waals surface area contributed by atoms with Crippen LogP contribution in [-0.4, -0.2) is 5.92 Å². The first-order valence-corrected chi connectivity index (χ1v) is 4.14. The van der Waals surface area contributed by atoms with Crippen LogP contribution in [0.15, 0.2) is 23.8 Å². The number of hydrogen-bond donors (Lipinski definition) is 0. The van der Waals surface area contributed by atoms with Gasteiger partial charge in [0.1, 0.15) is 0 Å². The van der Waals surface area contributed by atoms with Crippen molar-refractivity contribution in [2.24, 2.45) is 5.92 Å². The Bertz CT molecular complexity index is 226. The average molecular weight is 172 g/mol. The van der Waals surface area contributed by atoms with Gasteiger partial charge in [-0.25, -0.2) is 8.78 Å². The smallest absolute Gasteiger partial charge is 0.202 e. The van der Waals surface area contributed by atoms with Crippen LogP contribution in [-0.2, 0) is 0 Å². The highest BCUT2D eigenvalue weighted by Crippen LogP contribution is 2.39. The van der Waals surface area contributed by atoms with Gasteiger partial charge < -0.3 is 0 Å². The summed E-state index contributed by atoms with van der Waals surface area (Å²) < 4.78 is 26.2. The van der Waals surface area contributed by atoms with E-state index in [0.717, 1.165) is 12.0 Å². The summed E-state index contributed by atoms with van der Waals surface area (Å²) in [4.78, 5) is 0. The molecule has 68 valence electrons. The van der Waals surface area contributed by atoms with E-state index in [1.54, 1.807) is 6.08 Å². The third-order valence-corrected chi connectivity index (χ3v) is 2.49. The van der Waals surface area contributed by atoms with E-state index >= 15 is 0 Å². The zero-order chi connectivity index (χ0) is 9.35. The van der Waals surface area contributed by atoms with Crippen molar-refractivity contribution in [1.82, 2.24) is 0 Å². The third-order valence-electron chi connectivity index (χ3n) is 2.49. The largest absolute Gasteiger partial charge is 0.269 e. The van der Waals surface area contributed by atoms with Gasteiger partial charge in [-0.1, -0.05) is 18.2 Å². The van der Waals surface area contributed by atoms with Gasteiger partial charge in [-0.2, -0.15) is 0 Å². The van der Waals surface area contributed by atoms with E-state index in [0.29, 0.717) is 0 Å². The van der Waals surface area contributed by atoms with Gasteiger partial charge in [-0.3, -0.25) is 0 Å². The number of halogens is 2.